The molecule has 0 bridgehead atoms. The summed E-state index contributed by atoms with van der Waals surface area (Å²) >= 11 is 4.49. The van der Waals surface area contributed by atoms with Gasteiger partial charge < -0.3 is 4.74 Å². The number of benzene rings is 2. The van der Waals surface area contributed by atoms with Crippen molar-refractivity contribution >= 4 is 33.7 Å². The molecular weight excluding hydrogens is 457 g/mol. The molecule has 146 valence electrons. The zero-order valence-electron chi connectivity index (χ0n) is 14.6. The lowest BCUT2D eigenvalue weighted by molar-refractivity contribution is -0.139. The van der Waals surface area contributed by atoms with Crippen molar-refractivity contribution in [2.45, 2.75) is 11.9 Å². The highest BCUT2D eigenvalue weighted by Crippen LogP contribution is 2.38. The number of thioether (sulfide) groups is 1. The minimum absolute atomic E-state index is 0.00204. The van der Waals surface area contributed by atoms with Crippen molar-refractivity contribution in [3.8, 4) is 16.9 Å². The summed E-state index contributed by atoms with van der Waals surface area (Å²) < 4.78 is 48.2. The Morgan fingerprint density at radius 2 is 1.89 bits per heavy atom. The topological polar surface area (TPSA) is 44.1 Å². The Morgan fingerprint density at radius 3 is 2.57 bits per heavy atom. The Hall–Kier alpha value is -2.26. The van der Waals surface area contributed by atoms with E-state index in [1.54, 1.807) is 13.0 Å². The van der Waals surface area contributed by atoms with Gasteiger partial charge in [-0.05, 0) is 53.2 Å². The summed E-state index contributed by atoms with van der Waals surface area (Å²) in [6.07, 6.45) is 0. The number of carbonyl (C=O) groups is 1. The highest BCUT2D eigenvalue weighted by atomic mass is 79.9. The van der Waals surface area contributed by atoms with Gasteiger partial charge in [0.1, 0.15) is 16.5 Å². The van der Waals surface area contributed by atoms with Crippen molar-refractivity contribution in [2.24, 2.45) is 0 Å². The van der Waals surface area contributed by atoms with Crippen LogP contribution in [0.25, 0.3) is 16.9 Å². The van der Waals surface area contributed by atoms with Crippen LogP contribution in [0.1, 0.15) is 6.92 Å². The number of halogens is 4. The molecule has 0 aliphatic rings. The summed E-state index contributed by atoms with van der Waals surface area (Å²) in [7, 11) is 0. The fourth-order valence-corrected chi connectivity index (χ4v) is 4.01. The number of hydrogen-bond donors (Lipinski definition) is 0. The van der Waals surface area contributed by atoms with Gasteiger partial charge in [0.25, 0.3) is 0 Å². The van der Waals surface area contributed by atoms with Crippen LogP contribution in [0.5, 0.6) is 0 Å². The molecule has 4 nitrogen and oxygen atoms in total. The average molecular weight is 471 g/mol. The van der Waals surface area contributed by atoms with Crippen LogP contribution in [0.2, 0.25) is 0 Å². The fraction of sp³-hybridized carbons (Fsp3) is 0.158. The van der Waals surface area contributed by atoms with Crippen molar-refractivity contribution in [2.75, 3.05) is 12.4 Å². The van der Waals surface area contributed by atoms with Crippen molar-refractivity contribution in [3.05, 3.63) is 64.4 Å². The maximum Gasteiger partial charge on any atom is 0.316 e. The summed E-state index contributed by atoms with van der Waals surface area (Å²) in [5.41, 5.74) is 0.755. The lowest BCUT2D eigenvalue weighted by Crippen LogP contribution is -2.06. The highest BCUT2D eigenvalue weighted by Gasteiger charge is 2.22. The van der Waals surface area contributed by atoms with Gasteiger partial charge in [-0.15, -0.1) is 0 Å². The lowest BCUT2D eigenvalue weighted by atomic mass is 10.1. The number of nitrogens with zero attached hydrogens (tertiary/aromatic N) is 2. The van der Waals surface area contributed by atoms with E-state index in [1.165, 1.54) is 28.9 Å². The third-order valence-electron chi connectivity index (χ3n) is 3.70. The molecule has 2 aromatic carbocycles. The first-order valence-electron chi connectivity index (χ1n) is 8.19. The van der Waals surface area contributed by atoms with Crippen molar-refractivity contribution in [1.29, 1.82) is 0 Å². The third-order valence-corrected chi connectivity index (χ3v) is 5.66. The van der Waals surface area contributed by atoms with Crippen LogP contribution in [0.3, 0.4) is 0 Å². The predicted octanol–water partition coefficient (Wildman–Crippen LogP) is 5.37. The highest BCUT2D eigenvalue weighted by molar-refractivity contribution is 9.10. The molecule has 1 heterocycles. The van der Waals surface area contributed by atoms with Crippen LogP contribution in [0.15, 0.2) is 52.0 Å². The van der Waals surface area contributed by atoms with Gasteiger partial charge in [0.2, 0.25) is 0 Å². The van der Waals surface area contributed by atoms with E-state index < -0.39 is 23.4 Å². The van der Waals surface area contributed by atoms with Gasteiger partial charge in [-0.2, -0.15) is 5.10 Å². The number of rotatable bonds is 6. The maximum absolute atomic E-state index is 14.4. The molecule has 0 amide bonds. The van der Waals surface area contributed by atoms with Crippen LogP contribution in [0.4, 0.5) is 13.2 Å². The largest absolute Gasteiger partial charge is 0.465 e. The molecule has 0 saturated heterocycles. The zero-order chi connectivity index (χ0) is 20.3. The molecule has 28 heavy (non-hydrogen) atoms. The van der Waals surface area contributed by atoms with Gasteiger partial charge >= 0.3 is 5.97 Å². The minimum Gasteiger partial charge on any atom is -0.465 e. The van der Waals surface area contributed by atoms with E-state index in [2.05, 4.69) is 21.0 Å². The number of ether oxygens (including phenoxy) is 1. The molecule has 0 aliphatic heterocycles. The Balaban J connectivity index is 2.11. The SMILES string of the molecule is CCOC(=O)CSc1nn(-c2ccccc2F)c(-c2ccc(F)c(F)c2)c1Br. The normalized spacial score (nSPS) is 10.9. The molecule has 9 heteroatoms. The van der Waals surface area contributed by atoms with Crippen LogP contribution < -0.4 is 0 Å². The molecule has 0 N–H and O–H groups in total. The molecule has 3 aromatic rings. The van der Waals surface area contributed by atoms with Gasteiger partial charge in [-0.25, -0.2) is 17.9 Å². The smallest absolute Gasteiger partial charge is 0.316 e. The van der Waals surface area contributed by atoms with Gasteiger partial charge in [0.15, 0.2) is 11.6 Å². The Kier molecular flexibility index (Phi) is 6.46. The van der Waals surface area contributed by atoms with Crippen molar-refractivity contribution in [1.82, 2.24) is 9.78 Å². The molecule has 3 rings (SSSR count). The van der Waals surface area contributed by atoms with E-state index in [4.69, 9.17) is 4.74 Å². The van der Waals surface area contributed by atoms with Gasteiger partial charge in [-0.1, -0.05) is 23.9 Å². The van der Waals surface area contributed by atoms with Crippen molar-refractivity contribution < 1.29 is 22.7 Å². The zero-order valence-corrected chi connectivity index (χ0v) is 17.0. The van der Waals surface area contributed by atoms with E-state index in [-0.39, 0.29) is 18.0 Å². The number of carbonyl (C=O) groups excluding carboxylic acids is 1. The van der Waals surface area contributed by atoms with E-state index in [1.807, 2.05) is 0 Å². The average Bonchev–Trinajstić information content (AvgIpc) is 2.99. The summed E-state index contributed by atoms with van der Waals surface area (Å²) in [6, 6.07) is 9.32. The third kappa shape index (κ3) is 4.25. The maximum atomic E-state index is 14.4. The quantitative estimate of drug-likeness (QED) is 0.358. The summed E-state index contributed by atoms with van der Waals surface area (Å²) in [5, 5.41) is 4.76. The van der Waals surface area contributed by atoms with Gasteiger partial charge in [-0.3, -0.25) is 4.79 Å². The first kappa shape index (κ1) is 20.5. The lowest BCUT2D eigenvalue weighted by Gasteiger charge is -2.09. The number of aromatic nitrogens is 2. The second-order valence-corrected chi connectivity index (χ2v) is 7.31. The number of hydrogen-bond acceptors (Lipinski definition) is 4. The van der Waals surface area contributed by atoms with Crippen LogP contribution in [-0.2, 0) is 9.53 Å². The van der Waals surface area contributed by atoms with E-state index in [0.29, 0.717) is 20.8 Å². The molecule has 0 atom stereocenters. The molecule has 0 spiro atoms. The Labute approximate surface area is 171 Å². The molecule has 0 fully saturated rings. The monoisotopic (exact) mass is 470 g/mol. The first-order valence-corrected chi connectivity index (χ1v) is 9.97. The summed E-state index contributed by atoms with van der Waals surface area (Å²) in [6.45, 7) is 1.96. The number of para-hydroxylation sites is 1. The molecule has 1 aromatic heterocycles. The second-order valence-electron chi connectivity index (χ2n) is 5.55. The predicted molar refractivity (Wildman–Crippen MR) is 104 cm³/mol. The molecule has 0 saturated carbocycles. The molecular formula is C19H14BrF3N2O2S. The molecule has 0 unspecified atom stereocenters. The first-order chi connectivity index (χ1) is 13.4. The minimum atomic E-state index is -1.04. The van der Waals surface area contributed by atoms with E-state index in [0.717, 1.165) is 23.9 Å². The number of esters is 1. The van der Waals surface area contributed by atoms with E-state index in [9.17, 15) is 18.0 Å². The Morgan fingerprint density at radius 1 is 1.14 bits per heavy atom. The van der Waals surface area contributed by atoms with E-state index >= 15 is 0 Å². The van der Waals surface area contributed by atoms with Gasteiger partial charge in [0, 0.05) is 5.56 Å². The van der Waals surface area contributed by atoms with Crippen molar-refractivity contribution in [3.63, 3.8) is 0 Å². The van der Waals surface area contributed by atoms with Crippen LogP contribution >= 0.6 is 27.7 Å². The van der Waals surface area contributed by atoms with Gasteiger partial charge in [0.05, 0.1) is 22.5 Å². The summed E-state index contributed by atoms with van der Waals surface area (Å²) in [4.78, 5) is 11.7. The summed E-state index contributed by atoms with van der Waals surface area (Å²) in [5.74, 6) is -2.99. The molecule has 0 radical (unpaired) electrons. The van der Waals surface area contributed by atoms with Crippen LogP contribution in [-0.4, -0.2) is 28.1 Å². The van der Waals surface area contributed by atoms with Crippen LogP contribution in [0, 0.1) is 17.5 Å². The Bertz CT molecular complexity index is 1030. The second kappa shape index (κ2) is 8.83. The fourth-order valence-electron chi connectivity index (χ4n) is 2.49. The molecule has 0 aliphatic carbocycles. The standard InChI is InChI=1S/C19H14BrF3N2O2S/c1-2-27-16(26)10-28-19-17(20)18(11-7-8-12(21)14(23)9-11)25(24-19)15-6-4-3-5-13(15)22/h3-9H,2,10H2,1H3.